The summed E-state index contributed by atoms with van der Waals surface area (Å²) in [6.45, 7) is 2.52. The average molecular weight is 244 g/mol. The summed E-state index contributed by atoms with van der Waals surface area (Å²) in [5.41, 5.74) is 1.57. The number of pyridine rings is 1. The summed E-state index contributed by atoms with van der Waals surface area (Å²) < 4.78 is 0. The zero-order chi connectivity index (χ0) is 13.0. The van der Waals surface area contributed by atoms with Gasteiger partial charge in [-0.1, -0.05) is 12.1 Å². The van der Waals surface area contributed by atoms with Crippen LogP contribution in [0.3, 0.4) is 0 Å². The molecule has 1 aromatic heterocycles. The number of nitrogens with zero attached hydrogens (tertiary/aromatic N) is 1. The monoisotopic (exact) mass is 244 g/mol. The highest BCUT2D eigenvalue weighted by atomic mass is 16.3. The quantitative estimate of drug-likeness (QED) is 0.772. The van der Waals surface area contributed by atoms with E-state index in [9.17, 15) is 10.2 Å². The third-order valence-corrected chi connectivity index (χ3v) is 2.83. The van der Waals surface area contributed by atoms with Crippen molar-refractivity contribution in [1.82, 2.24) is 10.3 Å². The molecule has 0 aliphatic rings. The molecule has 0 radical (unpaired) electrons. The molecule has 18 heavy (non-hydrogen) atoms. The Bertz CT molecular complexity index is 494. The van der Waals surface area contributed by atoms with Crippen LogP contribution in [0.25, 0.3) is 0 Å². The maximum atomic E-state index is 9.75. The second-order valence-electron chi connectivity index (χ2n) is 4.17. The van der Waals surface area contributed by atoms with Crippen molar-refractivity contribution in [2.45, 2.75) is 19.5 Å². The van der Waals surface area contributed by atoms with Crippen molar-refractivity contribution < 1.29 is 10.2 Å². The summed E-state index contributed by atoms with van der Waals surface area (Å²) >= 11 is 0. The third kappa shape index (κ3) is 2.78. The maximum Gasteiger partial charge on any atom is 0.124 e. The minimum absolute atomic E-state index is 0.0983. The Balaban J connectivity index is 2.06. The standard InChI is InChI=1S/C14H16N2O2/c1-10(14-12(17)5-2-6-13(14)18)16-9-11-4-3-7-15-8-11/h2-8,10,16-18H,9H2,1H3. The number of hydrogen-bond acceptors (Lipinski definition) is 4. The number of nitrogens with one attached hydrogen (secondary N) is 1. The number of benzene rings is 1. The van der Waals surface area contributed by atoms with Gasteiger partial charge in [0.1, 0.15) is 11.5 Å². The highest BCUT2D eigenvalue weighted by Crippen LogP contribution is 2.32. The molecule has 2 rings (SSSR count). The lowest BCUT2D eigenvalue weighted by atomic mass is 10.1. The molecule has 94 valence electrons. The molecule has 1 unspecified atom stereocenters. The van der Waals surface area contributed by atoms with E-state index in [1.54, 1.807) is 30.6 Å². The van der Waals surface area contributed by atoms with Crippen LogP contribution in [0.15, 0.2) is 42.7 Å². The van der Waals surface area contributed by atoms with Gasteiger partial charge in [0.15, 0.2) is 0 Å². The fourth-order valence-corrected chi connectivity index (χ4v) is 1.86. The van der Waals surface area contributed by atoms with Gasteiger partial charge in [-0.15, -0.1) is 0 Å². The van der Waals surface area contributed by atoms with E-state index in [1.807, 2.05) is 19.1 Å². The van der Waals surface area contributed by atoms with E-state index in [-0.39, 0.29) is 17.5 Å². The molecule has 0 bridgehead atoms. The van der Waals surface area contributed by atoms with Gasteiger partial charge in [-0.25, -0.2) is 0 Å². The molecule has 0 spiro atoms. The summed E-state index contributed by atoms with van der Waals surface area (Å²) in [7, 11) is 0. The van der Waals surface area contributed by atoms with Crippen LogP contribution < -0.4 is 5.32 Å². The second kappa shape index (κ2) is 5.51. The third-order valence-electron chi connectivity index (χ3n) is 2.83. The zero-order valence-electron chi connectivity index (χ0n) is 10.2. The van der Waals surface area contributed by atoms with E-state index in [0.717, 1.165) is 5.56 Å². The SMILES string of the molecule is CC(NCc1cccnc1)c1c(O)cccc1O. The first-order chi connectivity index (χ1) is 8.68. The fourth-order valence-electron chi connectivity index (χ4n) is 1.86. The molecule has 1 atom stereocenters. The molecule has 0 aliphatic carbocycles. The van der Waals surface area contributed by atoms with Crippen molar-refractivity contribution in [2.75, 3.05) is 0 Å². The van der Waals surface area contributed by atoms with Crippen LogP contribution in [0.5, 0.6) is 11.5 Å². The Kier molecular flexibility index (Phi) is 3.79. The Morgan fingerprint density at radius 2 is 1.89 bits per heavy atom. The molecule has 4 heteroatoms. The first-order valence-electron chi connectivity index (χ1n) is 5.81. The lowest BCUT2D eigenvalue weighted by Gasteiger charge is -2.16. The van der Waals surface area contributed by atoms with Crippen LogP contribution in [0.4, 0.5) is 0 Å². The number of rotatable bonds is 4. The van der Waals surface area contributed by atoms with Crippen molar-refractivity contribution in [2.24, 2.45) is 0 Å². The lowest BCUT2D eigenvalue weighted by Crippen LogP contribution is -2.18. The van der Waals surface area contributed by atoms with Gasteiger partial charge >= 0.3 is 0 Å². The topological polar surface area (TPSA) is 65.4 Å². The van der Waals surface area contributed by atoms with Gasteiger partial charge in [0, 0.05) is 25.0 Å². The highest BCUT2D eigenvalue weighted by Gasteiger charge is 2.14. The smallest absolute Gasteiger partial charge is 0.124 e. The molecule has 3 N–H and O–H groups in total. The minimum Gasteiger partial charge on any atom is -0.507 e. The zero-order valence-corrected chi connectivity index (χ0v) is 10.2. The van der Waals surface area contributed by atoms with Gasteiger partial charge in [0.25, 0.3) is 0 Å². The molecule has 2 aromatic rings. The van der Waals surface area contributed by atoms with E-state index in [4.69, 9.17) is 0 Å². The Morgan fingerprint density at radius 3 is 2.50 bits per heavy atom. The number of hydrogen-bond donors (Lipinski definition) is 3. The first-order valence-corrected chi connectivity index (χ1v) is 5.81. The van der Waals surface area contributed by atoms with Crippen molar-refractivity contribution in [3.8, 4) is 11.5 Å². The summed E-state index contributed by atoms with van der Waals surface area (Å²) in [6, 6.07) is 8.44. The van der Waals surface area contributed by atoms with Crippen LogP contribution in [-0.2, 0) is 6.54 Å². The number of phenolic OH excluding ortho intramolecular Hbond substituents is 2. The summed E-state index contributed by atoms with van der Waals surface area (Å²) in [6.07, 6.45) is 3.51. The summed E-state index contributed by atoms with van der Waals surface area (Å²) in [5, 5.41) is 22.7. The van der Waals surface area contributed by atoms with E-state index >= 15 is 0 Å². The van der Waals surface area contributed by atoms with Crippen molar-refractivity contribution >= 4 is 0 Å². The van der Waals surface area contributed by atoms with Crippen LogP contribution in [-0.4, -0.2) is 15.2 Å². The van der Waals surface area contributed by atoms with E-state index in [1.165, 1.54) is 0 Å². The molecular formula is C14H16N2O2. The Labute approximate surface area is 106 Å². The Hall–Kier alpha value is -2.07. The molecule has 1 aromatic carbocycles. The molecule has 0 aliphatic heterocycles. The molecular weight excluding hydrogens is 228 g/mol. The van der Waals surface area contributed by atoms with Gasteiger partial charge < -0.3 is 15.5 Å². The largest absolute Gasteiger partial charge is 0.507 e. The number of aromatic hydroxyl groups is 2. The Morgan fingerprint density at radius 1 is 1.17 bits per heavy atom. The van der Waals surface area contributed by atoms with Crippen LogP contribution in [0.2, 0.25) is 0 Å². The van der Waals surface area contributed by atoms with Crippen LogP contribution in [0.1, 0.15) is 24.1 Å². The second-order valence-corrected chi connectivity index (χ2v) is 4.17. The van der Waals surface area contributed by atoms with Gasteiger partial charge in [-0.2, -0.15) is 0 Å². The molecule has 0 saturated heterocycles. The molecule has 4 nitrogen and oxygen atoms in total. The van der Waals surface area contributed by atoms with Crippen molar-refractivity contribution in [3.05, 3.63) is 53.9 Å². The van der Waals surface area contributed by atoms with Gasteiger partial charge in [0.2, 0.25) is 0 Å². The average Bonchev–Trinajstić information content (AvgIpc) is 2.37. The number of phenols is 2. The summed E-state index contributed by atoms with van der Waals surface area (Å²) in [5.74, 6) is 0.197. The maximum absolute atomic E-state index is 9.75. The van der Waals surface area contributed by atoms with Gasteiger partial charge in [-0.05, 0) is 30.7 Å². The van der Waals surface area contributed by atoms with Crippen LogP contribution >= 0.6 is 0 Å². The molecule has 0 fully saturated rings. The van der Waals surface area contributed by atoms with Crippen molar-refractivity contribution in [1.29, 1.82) is 0 Å². The van der Waals surface area contributed by atoms with E-state index in [0.29, 0.717) is 12.1 Å². The predicted octanol–water partition coefficient (Wildman–Crippen LogP) is 2.34. The van der Waals surface area contributed by atoms with Crippen molar-refractivity contribution in [3.63, 3.8) is 0 Å². The highest BCUT2D eigenvalue weighted by molar-refractivity contribution is 5.44. The predicted molar refractivity (Wildman–Crippen MR) is 69.3 cm³/mol. The van der Waals surface area contributed by atoms with Gasteiger partial charge in [0.05, 0.1) is 5.56 Å². The van der Waals surface area contributed by atoms with Crippen LogP contribution in [0, 0.1) is 0 Å². The van der Waals surface area contributed by atoms with E-state index in [2.05, 4.69) is 10.3 Å². The minimum atomic E-state index is -0.147. The number of aromatic nitrogens is 1. The first kappa shape index (κ1) is 12.4. The normalized spacial score (nSPS) is 12.3. The lowest BCUT2D eigenvalue weighted by molar-refractivity contribution is 0.418. The molecule has 0 amide bonds. The van der Waals surface area contributed by atoms with E-state index < -0.39 is 0 Å². The molecule has 0 saturated carbocycles. The molecule has 1 heterocycles. The summed E-state index contributed by atoms with van der Waals surface area (Å²) in [4.78, 5) is 4.03. The van der Waals surface area contributed by atoms with Gasteiger partial charge in [-0.3, -0.25) is 4.98 Å². The fraction of sp³-hybridized carbons (Fsp3) is 0.214.